The number of halogens is 2. The van der Waals surface area contributed by atoms with Gasteiger partial charge < -0.3 is 14.4 Å². The van der Waals surface area contributed by atoms with Crippen LogP contribution in [0.15, 0.2) is 46.0 Å². The number of rotatable bonds is 7. The Kier molecular flexibility index (Phi) is 8.44. The molecule has 0 heterocycles. The van der Waals surface area contributed by atoms with Gasteiger partial charge in [0.25, 0.3) is 5.91 Å². The maximum Gasteiger partial charge on any atom is 0.339 e. The van der Waals surface area contributed by atoms with E-state index < -0.39 is 23.9 Å². The van der Waals surface area contributed by atoms with Crippen LogP contribution >= 0.6 is 27.5 Å². The molecule has 0 aromatic heterocycles. The van der Waals surface area contributed by atoms with Crippen molar-refractivity contribution in [2.24, 2.45) is 5.11 Å². The maximum atomic E-state index is 13.3. The van der Waals surface area contributed by atoms with Crippen LogP contribution in [0, 0.1) is 0 Å². The van der Waals surface area contributed by atoms with Crippen molar-refractivity contribution in [3.05, 3.63) is 73.0 Å². The van der Waals surface area contributed by atoms with Crippen molar-refractivity contribution >= 4 is 51.1 Å². The van der Waals surface area contributed by atoms with Gasteiger partial charge in [0.2, 0.25) is 0 Å². The molecule has 2 aromatic rings. The molecule has 0 aliphatic carbocycles. The zero-order valence-corrected chi connectivity index (χ0v) is 19.2. The number of azide groups is 1. The molecular formula is C20H18BrClN4O5. The van der Waals surface area contributed by atoms with Crippen molar-refractivity contribution < 1.29 is 23.9 Å². The van der Waals surface area contributed by atoms with E-state index in [1.54, 1.807) is 18.2 Å². The molecule has 0 N–H and O–H groups in total. The smallest absolute Gasteiger partial charge is 0.339 e. The van der Waals surface area contributed by atoms with Gasteiger partial charge in [0.05, 0.1) is 25.5 Å². The Labute approximate surface area is 191 Å². The van der Waals surface area contributed by atoms with Crippen LogP contribution < -0.4 is 0 Å². The van der Waals surface area contributed by atoms with E-state index in [1.807, 2.05) is 0 Å². The van der Waals surface area contributed by atoms with Crippen LogP contribution in [-0.4, -0.2) is 43.0 Å². The van der Waals surface area contributed by atoms with Crippen LogP contribution in [0.1, 0.15) is 33.2 Å². The van der Waals surface area contributed by atoms with Crippen LogP contribution in [-0.2, 0) is 20.8 Å². The zero-order chi connectivity index (χ0) is 23.1. The number of benzene rings is 2. The Morgan fingerprint density at radius 1 is 1.16 bits per heavy atom. The third-order valence-corrected chi connectivity index (χ3v) is 5.30. The van der Waals surface area contributed by atoms with Crippen molar-refractivity contribution in [2.45, 2.75) is 19.5 Å². The summed E-state index contributed by atoms with van der Waals surface area (Å²) in [4.78, 5) is 41.3. The first kappa shape index (κ1) is 24.2. The van der Waals surface area contributed by atoms with Crippen LogP contribution in [0.25, 0.3) is 10.4 Å². The molecule has 0 aliphatic rings. The number of amides is 1. The molecule has 11 heteroatoms. The lowest BCUT2D eigenvalue weighted by atomic mass is 10.1. The molecule has 0 fully saturated rings. The highest BCUT2D eigenvalue weighted by Crippen LogP contribution is 2.28. The minimum atomic E-state index is -0.953. The quantitative estimate of drug-likeness (QED) is 0.224. The maximum absolute atomic E-state index is 13.3. The number of esters is 2. The average Bonchev–Trinajstić information content (AvgIpc) is 2.76. The predicted octanol–water partition coefficient (Wildman–Crippen LogP) is 5.03. The van der Waals surface area contributed by atoms with Gasteiger partial charge in [-0.2, -0.15) is 0 Å². The van der Waals surface area contributed by atoms with Gasteiger partial charge in [-0.25, -0.2) is 9.59 Å². The highest BCUT2D eigenvalue weighted by atomic mass is 79.9. The van der Waals surface area contributed by atoms with Gasteiger partial charge in [0, 0.05) is 26.5 Å². The summed E-state index contributed by atoms with van der Waals surface area (Å²) in [6, 6.07) is 8.13. The van der Waals surface area contributed by atoms with E-state index in [0.29, 0.717) is 15.6 Å². The van der Waals surface area contributed by atoms with E-state index in [1.165, 1.54) is 44.2 Å². The number of carbonyl (C=O) groups is 3. The van der Waals surface area contributed by atoms with Crippen LogP contribution in [0.2, 0.25) is 5.02 Å². The molecule has 1 atom stereocenters. The Hall–Kier alpha value is -3.07. The topological polar surface area (TPSA) is 122 Å². The van der Waals surface area contributed by atoms with Gasteiger partial charge in [-0.3, -0.25) is 4.79 Å². The zero-order valence-electron chi connectivity index (χ0n) is 16.8. The number of carbonyl (C=O) groups excluding carboxylic acids is 3. The lowest BCUT2D eigenvalue weighted by molar-refractivity contribution is -0.145. The summed E-state index contributed by atoms with van der Waals surface area (Å²) in [6.07, 6.45) is 0. The van der Waals surface area contributed by atoms with E-state index in [2.05, 4.69) is 26.0 Å². The summed E-state index contributed by atoms with van der Waals surface area (Å²) < 4.78 is 9.98. The second-order valence-corrected chi connectivity index (χ2v) is 7.58. The number of methoxy groups -OCH3 is 2. The first-order chi connectivity index (χ1) is 14.7. The molecule has 9 nitrogen and oxygen atoms in total. The Morgan fingerprint density at radius 3 is 2.42 bits per heavy atom. The van der Waals surface area contributed by atoms with Crippen molar-refractivity contribution in [1.29, 1.82) is 0 Å². The fourth-order valence-electron chi connectivity index (χ4n) is 2.78. The summed E-state index contributed by atoms with van der Waals surface area (Å²) in [5.41, 5.74) is 9.87. The third kappa shape index (κ3) is 5.75. The number of ether oxygens (including phenoxy) is 2. The monoisotopic (exact) mass is 508 g/mol. The lowest BCUT2D eigenvalue weighted by Crippen LogP contribution is -2.43. The molecule has 0 saturated heterocycles. The van der Waals surface area contributed by atoms with Gasteiger partial charge in [0.1, 0.15) is 6.04 Å². The minimum absolute atomic E-state index is 0.00743. The highest BCUT2D eigenvalue weighted by Gasteiger charge is 2.29. The highest BCUT2D eigenvalue weighted by molar-refractivity contribution is 9.10. The van der Waals surface area contributed by atoms with Gasteiger partial charge in [-0.1, -0.05) is 22.8 Å². The van der Waals surface area contributed by atoms with Crippen LogP contribution in [0.5, 0.6) is 0 Å². The molecule has 0 unspecified atom stereocenters. The number of hydrogen-bond acceptors (Lipinski definition) is 6. The fourth-order valence-corrected chi connectivity index (χ4v) is 3.54. The first-order valence-electron chi connectivity index (χ1n) is 8.83. The van der Waals surface area contributed by atoms with E-state index in [0.717, 1.165) is 0 Å². The summed E-state index contributed by atoms with van der Waals surface area (Å²) >= 11 is 9.26. The summed E-state index contributed by atoms with van der Waals surface area (Å²) in [7, 11) is 2.49. The predicted molar refractivity (Wildman–Crippen MR) is 117 cm³/mol. The van der Waals surface area contributed by atoms with E-state index in [9.17, 15) is 14.4 Å². The number of nitrogens with zero attached hydrogens (tertiary/aromatic N) is 4. The summed E-state index contributed by atoms with van der Waals surface area (Å²) in [6.45, 7) is 1.53. The third-order valence-electron chi connectivity index (χ3n) is 4.41. The molecule has 0 radical (unpaired) electrons. The number of hydrogen-bond donors (Lipinski definition) is 0. The standard InChI is InChI=1S/C20H18BrClN4O5/c1-11(19(28)30-2)26(10-12-4-6-14(16(21)8-12)20(29)31-3)18(27)15-7-5-13(22)9-17(15)24-25-23/h4-9,11H,10H2,1-3H3/t11-/m1/s1. The average molecular weight is 510 g/mol. The SMILES string of the molecule is COC(=O)c1ccc(CN(C(=O)c2ccc(Cl)cc2N=[N+]=[N-])[C@H](C)C(=O)OC)cc1Br. The Balaban J connectivity index is 2.49. The molecule has 0 spiro atoms. The van der Waals surface area contributed by atoms with E-state index >= 15 is 0 Å². The lowest BCUT2D eigenvalue weighted by Gasteiger charge is -2.28. The van der Waals surface area contributed by atoms with Crippen molar-refractivity contribution in [3.8, 4) is 0 Å². The first-order valence-corrected chi connectivity index (χ1v) is 10.0. The second-order valence-electron chi connectivity index (χ2n) is 6.29. The van der Waals surface area contributed by atoms with Crippen molar-refractivity contribution in [3.63, 3.8) is 0 Å². The Bertz CT molecular complexity index is 1070. The molecule has 1 amide bonds. The summed E-state index contributed by atoms with van der Waals surface area (Å²) in [5, 5.41) is 3.82. The van der Waals surface area contributed by atoms with Gasteiger partial charge >= 0.3 is 11.9 Å². The summed E-state index contributed by atoms with van der Waals surface area (Å²) in [5.74, 6) is -1.71. The van der Waals surface area contributed by atoms with Crippen LogP contribution in [0.3, 0.4) is 0 Å². The normalized spacial score (nSPS) is 11.1. The minimum Gasteiger partial charge on any atom is -0.467 e. The van der Waals surface area contributed by atoms with Gasteiger partial charge in [0.15, 0.2) is 0 Å². The van der Waals surface area contributed by atoms with Gasteiger partial charge in [-0.15, -0.1) is 0 Å². The molecule has 2 rings (SSSR count). The van der Waals surface area contributed by atoms with E-state index in [4.69, 9.17) is 26.6 Å². The van der Waals surface area contributed by atoms with Crippen molar-refractivity contribution in [2.75, 3.05) is 14.2 Å². The fraction of sp³-hybridized carbons (Fsp3) is 0.250. The molecule has 0 saturated carbocycles. The van der Waals surface area contributed by atoms with Crippen molar-refractivity contribution in [1.82, 2.24) is 4.90 Å². The molecular weight excluding hydrogens is 492 g/mol. The Morgan fingerprint density at radius 2 is 1.84 bits per heavy atom. The van der Waals surface area contributed by atoms with Crippen LogP contribution in [0.4, 0.5) is 5.69 Å². The molecule has 2 aromatic carbocycles. The van der Waals surface area contributed by atoms with E-state index in [-0.39, 0.29) is 22.8 Å². The van der Waals surface area contributed by atoms with Gasteiger partial charge in [-0.05, 0) is 64.3 Å². The second kappa shape index (κ2) is 10.8. The molecule has 162 valence electrons. The molecule has 0 aliphatic heterocycles. The molecule has 31 heavy (non-hydrogen) atoms. The largest absolute Gasteiger partial charge is 0.467 e. The molecule has 0 bridgehead atoms.